The third-order valence-electron chi connectivity index (χ3n) is 3.18. The SMILES string of the molecule is Nc1nc(S[C@H](C(=O)Nc2cc(Cl)cc(Cl)c2)c2ccccc2)n[nH]1. The zero-order valence-electron chi connectivity index (χ0n) is 12.7. The van der Waals surface area contributed by atoms with Crippen LogP contribution in [0.5, 0.6) is 0 Å². The fourth-order valence-corrected chi connectivity index (χ4v) is 3.60. The highest BCUT2D eigenvalue weighted by Gasteiger charge is 2.24. The lowest BCUT2D eigenvalue weighted by Gasteiger charge is -2.15. The minimum Gasteiger partial charge on any atom is -0.368 e. The number of nitrogens with one attached hydrogen (secondary N) is 2. The second-order valence-electron chi connectivity index (χ2n) is 5.06. The van der Waals surface area contributed by atoms with E-state index in [1.807, 2.05) is 30.3 Å². The number of nitrogens with two attached hydrogens (primary N) is 1. The molecule has 1 atom stereocenters. The predicted octanol–water partition coefficient (Wildman–Crippen LogP) is 4.17. The van der Waals surface area contributed by atoms with Crippen molar-refractivity contribution in [1.29, 1.82) is 0 Å². The number of benzene rings is 2. The van der Waals surface area contributed by atoms with Crippen LogP contribution in [0, 0.1) is 0 Å². The third kappa shape index (κ3) is 4.66. The molecule has 0 aliphatic carbocycles. The highest BCUT2D eigenvalue weighted by atomic mass is 35.5. The van der Waals surface area contributed by atoms with Crippen LogP contribution >= 0.6 is 35.0 Å². The summed E-state index contributed by atoms with van der Waals surface area (Å²) >= 11 is 13.2. The van der Waals surface area contributed by atoms with Crippen molar-refractivity contribution < 1.29 is 4.79 Å². The maximum atomic E-state index is 12.8. The van der Waals surface area contributed by atoms with Crippen LogP contribution in [-0.4, -0.2) is 21.1 Å². The van der Waals surface area contributed by atoms with Crippen molar-refractivity contribution in [1.82, 2.24) is 15.2 Å². The summed E-state index contributed by atoms with van der Waals surface area (Å²) in [7, 11) is 0. The van der Waals surface area contributed by atoms with Gasteiger partial charge >= 0.3 is 0 Å². The molecule has 3 rings (SSSR count). The molecule has 1 heterocycles. The van der Waals surface area contributed by atoms with Gasteiger partial charge in [-0.15, -0.1) is 5.10 Å². The number of aromatic amines is 1. The van der Waals surface area contributed by atoms with E-state index >= 15 is 0 Å². The normalized spacial score (nSPS) is 11.9. The van der Waals surface area contributed by atoms with Crippen LogP contribution in [0.2, 0.25) is 10.0 Å². The summed E-state index contributed by atoms with van der Waals surface area (Å²) in [6.07, 6.45) is 0. The van der Waals surface area contributed by atoms with Gasteiger partial charge in [0.2, 0.25) is 17.0 Å². The standard InChI is InChI=1S/C16H13Cl2N5OS/c17-10-6-11(18)8-12(7-10)20-14(24)13(9-4-2-1-3-5-9)25-16-21-15(19)22-23-16/h1-8,13H,(H,20,24)(H3,19,21,22,23)/t13-/m0/s1. The van der Waals surface area contributed by atoms with Crippen LogP contribution in [0.15, 0.2) is 53.7 Å². The average Bonchev–Trinajstić information content (AvgIpc) is 2.97. The van der Waals surface area contributed by atoms with E-state index in [-0.39, 0.29) is 11.9 Å². The fraction of sp³-hybridized carbons (Fsp3) is 0.0625. The molecule has 0 radical (unpaired) electrons. The number of nitrogens with zero attached hydrogens (tertiary/aromatic N) is 2. The van der Waals surface area contributed by atoms with E-state index in [2.05, 4.69) is 20.5 Å². The summed E-state index contributed by atoms with van der Waals surface area (Å²) in [5.41, 5.74) is 6.87. The molecule has 0 spiro atoms. The quantitative estimate of drug-likeness (QED) is 0.565. The summed E-state index contributed by atoms with van der Waals surface area (Å²) < 4.78 is 0. The summed E-state index contributed by atoms with van der Waals surface area (Å²) in [5, 5.41) is 10.0. The van der Waals surface area contributed by atoms with Gasteiger partial charge in [-0.3, -0.25) is 4.79 Å². The first-order valence-electron chi connectivity index (χ1n) is 7.18. The largest absolute Gasteiger partial charge is 0.368 e. The van der Waals surface area contributed by atoms with Crippen molar-refractivity contribution in [2.75, 3.05) is 11.1 Å². The molecule has 2 aromatic carbocycles. The van der Waals surface area contributed by atoms with Crippen LogP contribution in [0.4, 0.5) is 11.6 Å². The molecule has 0 saturated carbocycles. The van der Waals surface area contributed by atoms with E-state index in [9.17, 15) is 4.79 Å². The van der Waals surface area contributed by atoms with E-state index in [1.54, 1.807) is 18.2 Å². The number of halogens is 2. The second-order valence-corrected chi connectivity index (χ2v) is 7.00. The van der Waals surface area contributed by atoms with Crippen molar-refractivity contribution in [3.63, 3.8) is 0 Å². The Hall–Kier alpha value is -2.22. The fourth-order valence-electron chi connectivity index (χ4n) is 2.15. The summed E-state index contributed by atoms with van der Waals surface area (Å²) in [6.45, 7) is 0. The first kappa shape index (κ1) is 17.6. The Morgan fingerprint density at radius 2 is 1.84 bits per heavy atom. The van der Waals surface area contributed by atoms with Crippen molar-refractivity contribution >= 4 is 52.5 Å². The Bertz CT molecular complexity index is 867. The molecule has 1 amide bonds. The first-order valence-corrected chi connectivity index (χ1v) is 8.81. The van der Waals surface area contributed by atoms with Crippen molar-refractivity contribution in [3.8, 4) is 0 Å². The Morgan fingerprint density at radius 3 is 2.44 bits per heavy atom. The summed E-state index contributed by atoms with van der Waals surface area (Å²) in [5.74, 6) is -0.0609. The van der Waals surface area contributed by atoms with Crippen molar-refractivity contribution in [2.45, 2.75) is 10.4 Å². The van der Waals surface area contributed by atoms with Crippen molar-refractivity contribution in [3.05, 3.63) is 64.1 Å². The van der Waals surface area contributed by atoms with Gasteiger partial charge in [0.15, 0.2) is 0 Å². The lowest BCUT2D eigenvalue weighted by atomic mass is 10.1. The number of carbonyl (C=O) groups is 1. The summed E-state index contributed by atoms with van der Waals surface area (Å²) in [6, 6.07) is 14.2. The van der Waals surface area contributed by atoms with Gasteiger partial charge in [0.05, 0.1) is 0 Å². The number of amides is 1. The molecular formula is C16H13Cl2N5OS. The summed E-state index contributed by atoms with van der Waals surface area (Å²) in [4.78, 5) is 16.9. The molecule has 0 aliphatic heterocycles. The van der Waals surface area contributed by atoms with Crippen LogP contribution in [0.3, 0.4) is 0 Å². The zero-order valence-corrected chi connectivity index (χ0v) is 15.1. The Kier molecular flexibility index (Phi) is 5.47. The van der Waals surface area contributed by atoms with Crippen LogP contribution in [0.1, 0.15) is 10.8 Å². The minimum atomic E-state index is -0.575. The van der Waals surface area contributed by atoms with Gasteiger partial charge in [0, 0.05) is 15.7 Å². The number of aromatic nitrogens is 3. The molecule has 0 saturated heterocycles. The number of hydrogen-bond acceptors (Lipinski definition) is 5. The van der Waals surface area contributed by atoms with Gasteiger partial charge in [-0.2, -0.15) is 4.98 Å². The lowest BCUT2D eigenvalue weighted by Crippen LogP contribution is -2.19. The molecule has 9 heteroatoms. The topological polar surface area (TPSA) is 96.7 Å². The third-order valence-corrected chi connectivity index (χ3v) is 4.73. The zero-order chi connectivity index (χ0) is 17.8. The molecule has 3 aromatic rings. The molecule has 25 heavy (non-hydrogen) atoms. The minimum absolute atomic E-state index is 0.191. The molecule has 1 aromatic heterocycles. The number of nitrogen functional groups attached to an aromatic ring is 1. The first-order chi connectivity index (χ1) is 12.0. The molecule has 0 bridgehead atoms. The van der Waals surface area contributed by atoms with Gasteiger partial charge in [0.1, 0.15) is 5.25 Å². The molecule has 0 fully saturated rings. The Morgan fingerprint density at radius 1 is 1.16 bits per heavy atom. The molecular weight excluding hydrogens is 381 g/mol. The average molecular weight is 394 g/mol. The van der Waals surface area contributed by atoms with E-state index < -0.39 is 5.25 Å². The lowest BCUT2D eigenvalue weighted by molar-refractivity contribution is -0.115. The van der Waals surface area contributed by atoms with Crippen LogP contribution in [0.25, 0.3) is 0 Å². The molecule has 4 N–H and O–H groups in total. The number of H-pyrrole nitrogens is 1. The van der Waals surface area contributed by atoms with Crippen LogP contribution in [-0.2, 0) is 4.79 Å². The number of carbonyl (C=O) groups excluding carboxylic acids is 1. The van der Waals surface area contributed by atoms with E-state index in [4.69, 9.17) is 28.9 Å². The number of thioether (sulfide) groups is 1. The van der Waals surface area contributed by atoms with E-state index in [0.29, 0.717) is 20.9 Å². The maximum absolute atomic E-state index is 12.8. The van der Waals surface area contributed by atoms with Gasteiger partial charge in [-0.1, -0.05) is 65.3 Å². The predicted molar refractivity (Wildman–Crippen MR) is 101 cm³/mol. The maximum Gasteiger partial charge on any atom is 0.242 e. The van der Waals surface area contributed by atoms with Crippen molar-refractivity contribution in [2.24, 2.45) is 0 Å². The Balaban J connectivity index is 1.86. The molecule has 128 valence electrons. The van der Waals surface area contributed by atoms with Gasteiger partial charge in [0.25, 0.3) is 0 Å². The van der Waals surface area contributed by atoms with Crippen LogP contribution < -0.4 is 11.1 Å². The highest BCUT2D eigenvalue weighted by molar-refractivity contribution is 8.00. The van der Waals surface area contributed by atoms with E-state index in [0.717, 1.165) is 5.56 Å². The monoisotopic (exact) mass is 393 g/mol. The highest BCUT2D eigenvalue weighted by Crippen LogP contribution is 2.35. The number of rotatable bonds is 5. The molecule has 6 nitrogen and oxygen atoms in total. The Labute approximate surface area is 158 Å². The second kappa shape index (κ2) is 7.77. The number of hydrogen-bond donors (Lipinski definition) is 3. The van der Waals surface area contributed by atoms with Gasteiger partial charge in [-0.25, -0.2) is 5.10 Å². The smallest absolute Gasteiger partial charge is 0.242 e. The number of anilines is 2. The molecule has 0 aliphatic rings. The molecule has 0 unspecified atom stereocenters. The van der Waals surface area contributed by atoms with Gasteiger partial charge < -0.3 is 11.1 Å². The van der Waals surface area contributed by atoms with E-state index in [1.165, 1.54) is 11.8 Å². The van der Waals surface area contributed by atoms with Gasteiger partial charge in [-0.05, 0) is 23.8 Å².